The predicted octanol–water partition coefficient (Wildman–Crippen LogP) is 4.55. The number of methoxy groups -OCH3 is 2. The fourth-order valence-corrected chi connectivity index (χ4v) is 10.6. The molecule has 64 heavy (non-hydrogen) atoms. The van der Waals surface area contributed by atoms with E-state index in [4.69, 9.17) is 9.47 Å². The van der Waals surface area contributed by atoms with E-state index in [1.807, 2.05) is 114 Å². The number of aliphatic imine (C=N–C) groups is 1. The van der Waals surface area contributed by atoms with Gasteiger partial charge in [0.05, 0.1) is 48.7 Å². The summed E-state index contributed by atoms with van der Waals surface area (Å²) < 4.78 is 12.2. The van der Waals surface area contributed by atoms with Gasteiger partial charge in [-0.3, -0.25) is 28.9 Å². The fraction of sp³-hybridized carbons (Fsp3) is 0.696. The highest BCUT2D eigenvalue weighted by atomic mass is 35.5. The lowest BCUT2D eigenvalue weighted by atomic mass is 9.89. The summed E-state index contributed by atoms with van der Waals surface area (Å²) in [6, 6.07) is 7.43. The number of carbonyl (C=O) groups excluding carboxylic acids is 5. The van der Waals surface area contributed by atoms with Crippen LogP contribution in [0.2, 0.25) is 0 Å². The molecule has 1 fully saturated rings. The van der Waals surface area contributed by atoms with Gasteiger partial charge >= 0.3 is 0 Å². The van der Waals surface area contributed by atoms with Gasteiger partial charge in [0.1, 0.15) is 11.7 Å². The number of nitrogens with one attached hydrogen (secondary N) is 4. The zero-order valence-electron chi connectivity index (χ0n) is 40.5. The van der Waals surface area contributed by atoms with Crippen LogP contribution in [0.25, 0.3) is 0 Å². The van der Waals surface area contributed by atoms with Crippen molar-refractivity contribution in [3.8, 4) is 0 Å². The maximum absolute atomic E-state index is 14.4. The van der Waals surface area contributed by atoms with Crippen molar-refractivity contribution in [2.24, 2.45) is 28.7 Å². The Morgan fingerprint density at radius 1 is 0.906 bits per heavy atom. The van der Waals surface area contributed by atoms with E-state index in [1.54, 1.807) is 26.2 Å². The van der Waals surface area contributed by atoms with Crippen LogP contribution in [0.15, 0.2) is 46.4 Å². The van der Waals surface area contributed by atoms with Gasteiger partial charge in [-0.05, 0) is 62.7 Å². The van der Waals surface area contributed by atoms with Crippen molar-refractivity contribution < 1.29 is 33.4 Å². The number of likely N-dealkylation sites (N-methyl/N-ethyl adjacent to an activating group) is 3. The third-order valence-electron chi connectivity index (χ3n) is 12.4. The maximum atomic E-state index is 14.4. The Labute approximate surface area is 398 Å². The molecule has 0 radical (unpaired) electrons. The number of ether oxygens (including phenoxy) is 2. The van der Waals surface area contributed by atoms with Gasteiger partial charge in [0, 0.05) is 52.2 Å². The van der Waals surface area contributed by atoms with Crippen molar-refractivity contribution >= 4 is 70.8 Å². The van der Waals surface area contributed by atoms with Crippen LogP contribution in [-0.4, -0.2) is 154 Å². The summed E-state index contributed by atoms with van der Waals surface area (Å²) >= 11 is 0. The smallest absolute Gasteiger partial charge is 0.270 e. The number of halogens is 2. The first-order valence-electron chi connectivity index (χ1n) is 22.3. The van der Waals surface area contributed by atoms with Crippen LogP contribution in [0.1, 0.15) is 85.8 Å². The van der Waals surface area contributed by atoms with Gasteiger partial charge in [-0.2, -0.15) is 10.9 Å². The summed E-state index contributed by atoms with van der Waals surface area (Å²) in [7, 11) is 9.51. The molecule has 10 atom stereocenters. The number of nitrogens with zero attached hydrogens (tertiary/aromatic N) is 4. The Hall–Kier alpha value is -3.25. The van der Waals surface area contributed by atoms with Crippen LogP contribution in [0.4, 0.5) is 0 Å². The first kappa shape index (κ1) is 58.8. The number of hydrogen-bond acceptors (Lipinski definition) is 10. The molecule has 1 aromatic carbocycles. The number of benzene rings is 1. The molecule has 3 rings (SSSR count). The van der Waals surface area contributed by atoms with E-state index >= 15 is 0 Å². The first-order chi connectivity index (χ1) is 29.4. The number of thiol groups is 1. The van der Waals surface area contributed by atoms with E-state index in [2.05, 4.69) is 33.2 Å². The summed E-state index contributed by atoms with van der Waals surface area (Å²) in [4.78, 5) is 78.9. The Morgan fingerprint density at radius 2 is 1.56 bits per heavy atom. The number of amides is 5. The Bertz CT molecular complexity index is 1680. The molecule has 4 N–H and O–H groups in total. The third kappa shape index (κ3) is 16.0. The van der Waals surface area contributed by atoms with Crippen LogP contribution in [0.3, 0.4) is 0 Å². The van der Waals surface area contributed by atoms with Crippen LogP contribution < -0.4 is 21.3 Å². The van der Waals surface area contributed by atoms with Gasteiger partial charge in [-0.1, -0.05) is 85.2 Å². The lowest BCUT2D eigenvalue weighted by Crippen LogP contribution is -2.59. The van der Waals surface area contributed by atoms with Crippen LogP contribution in [-0.2, 0) is 33.4 Å². The highest BCUT2D eigenvalue weighted by Crippen LogP contribution is 2.36. The standard InChI is InChI=1S/C46H78N8O7S.2ClH/c1-14-31(6)41(53(11)46(59)39(29(2)3)51-45(58)40(30(4)5)52(9)10)37(60-12)25-38(55)54-24-18-21-36(54)42(61-13)32(7)43(56)50-34(33-19-16-15-17-20-33)26-62-27-35(49-28-62)44(57)48-23-22-47-8;;/h15-17,19-20,27-32,34,36-37,39-42,47,62H,14,18,21-26H2,1-13H3,(H,48,57)(H,50,56)(H,51,58);2*1H/t31-,32-,34+,36-,37+,39-,40-,41-,42+;;/m0../s1. The molecular weight excluding hydrogens is 880 g/mol. The number of rotatable bonds is 25. The number of carbonyl (C=O) groups is 5. The Balaban J connectivity index is 0.0000102. The summed E-state index contributed by atoms with van der Waals surface area (Å²) in [5.41, 5.74) is 3.14. The molecule has 1 aromatic rings. The molecule has 0 bridgehead atoms. The highest BCUT2D eigenvalue weighted by Gasteiger charge is 2.43. The minimum Gasteiger partial charge on any atom is -0.379 e. The van der Waals surface area contributed by atoms with E-state index in [0.717, 1.165) is 18.4 Å². The summed E-state index contributed by atoms with van der Waals surface area (Å²) in [5.74, 6) is -1.21. The van der Waals surface area contributed by atoms with Gasteiger partial charge in [0.2, 0.25) is 23.6 Å². The molecule has 0 spiro atoms. The Kier molecular flexibility index (Phi) is 26.4. The average Bonchev–Trinajstić information content (AvgIpc) is 3.92. The molecule has 2 heterocycles. The first-order valence-corrected chi connectivity index (χ1v) is 24.0. The van der Waals surface area contributed by atoms with Gasteiger partial charge < -0.3 is 40.5 Å². The molecule has 0 saturated carbocycles. The molecule has 2 aliphatic rings. The van der Waals surface area contributed by atoms with Gasteiger partial charge in [0.15, 0.2) is 0 Å². The molecule has 0 aliphatic carbocycles. The lowest BCUT2D eigenvalue weighted by molar-refractivity contribution is -0.148. The molecule has 0 aromatic heterocycles. The van der Waals surface area contributed by atoms with Gasteiger partial charge in [-0.15, -0.1) is 24.8 Å². The second-order valence-electron chi connectivity index (χ2n) is 17.8. The zero-order chi connectivity index (χ0) is 46.3. The molecule has 5 amide bonds. The lowest BCUT2D eigenvalue weighted by Gasteiger charge is -2.41. The summed E-state index contributed by atoms with van der Waals surface area (Å²) in [6.07, 6.45) is 0.953. The number of hydrogen-bond donors (Lipinski definition) is 5. The average molecular weight is 960 g/mol. The SMILES string of the molecule is CC[C@H](C)[C@@H]([C@@H](CC(=O)N1CCC[C@H]1[C@H](OC)[C@H](C)C(=O)N[C@H](C[SH]1C=NC(C(=O)NCCNC)=C1)c1ccccc1)OC)N(C)C(=O)[C@@H](NC(=O)[C@H](C(C)C)N(C)C)C(C)C.Cl.Cl. The van der Waals surface area contributed by atoms with Crippen molar-refractivity contribution in [2.45, 2.75) is 117 Å². The molecule has 2 aliphatic heterocycles. The van der Waals surface area contributed by atoms with Crippen molar-refractivity contribution in [1.29, 1.82) is 0 Å². The van der Waals surface area contributed by atoms with Crippen molar-refractivity contribution in [1.82, 2.24) is 36.0 Å². The van der Waals surface area contributed by atoms with E-state index in [9.17, 15) is 24.0 Å². The van der Waals surface area contributed by atoms with E-state index in [1.165, 1.54) is 0 Å². The predicted molar refractivity (Wildman–Crippen MR) is 264 cm³/mol. The Morgan fingerprint density at radius 3 is 2.11 bits per heavy atom. The molecule has 1 unspecified atom stereocenters. The number of likely N-dealkylation sites (tertiary alicyclic amines) is 1. The second kappa shape index (κ2) is 28.7. The van der Waals surface area contributed by atoms with Gasteiger partial charge in [-0.25, -0.2) is 4.99 Å². The minimum atomic E-state index is -0.928. The molecule has 366 valence electrons. The van der Waals surface area contributed by atoms with Crippen molar-refractivity contribution in [2.75, 3.05) is 67.8 Å². The summed E-state index contributed by atoms with van der Waals surface area (Å²) in [5, 5.41) is 14.1. The van der Waals surface area contributed by atoms with E-state index < -0.39 is 47.1 Å². The maximum Gasteiger partial charge on any atom is 0.270 e. The van der Waals surface area contributed by atoms with E-state index in [-0.39, 0.29) is 90.6 Å². The van der Waals surface area contributed by atoms with Crippen LogP contribution >= 0.6 is 35.7 Å². The topological polar surface area (TPSA) is 174 Å². The third-order valence-corrected chi connectivity index (χ3v) is 14.2. The normalized spacial score (nSPS) is 20.2. The van der Waals surface area contributed by atoms with E-state index in [0.29, 0.717) is 37.5 Å². The quantitative estimate of drug-likeness (QED) is 0.0697. The monoisotopic (exact) mass is 959 g/mol. The van der Waals surface area contributed by atoms with Crippen molar-refractivity contribution in [3.05, 3.63) is 47.0 Å². The molecule has 1 saturated heterocycles. The van der Waals surface area contributed by atoms with Crippen LogP contribution in [0.5, 0.6) is 0 Å². The largest absolute Gasteiger partial charge is 0.379 e. The van der Waals surface area contributed by atoms with Crippen molar-refractivity contribution in [3.63, 3.8) is 0 Å². The van der Waals surface area contributed by atoms with Crippen LogP contribution in [0, 0.1) is 23.7 Å². The molecular formula is C46H80Cl2N8O7S. The minimum absolute atomic E-state index is 0. The molecule has 15 nitrogen and oxygen atoms in total. The zero-order valence-corrected chi connectivity index (χ0v) is 43.0. The van der Waals surface area contributed by atoms with Gasteiger partial charge in [0.25, 0.3) is 5.91 Å². The summed E-state index contributed by atoms with van der Waals surface area (Å²) in [6.45, 7) is 15.4. The fourth-order valence-electron chi connectivity index (χ4n) is 8.81. The highest BCUT2D eigenvalue weighted by molar-refractivity contribution is 8.31. The second-order valence-corrected chi connectivity index (χ2v) is 19.6. The molecule has 18 heteroatoms.